The van der Waals surface area contributed by atoms with Crippen molar-refractivity contribution in [1.29, 1.82) is 0 Å². The molecule has 6 heteroatoms. The van der Waals surface area contributed by atoms with Crippen LogP contribution in [0.15, 0.2) is 66.7 Å². The molecule has 0 radical (unpaired) electrons. The Balaban J connectivity index is 0.000000366. The number of nitrogens with zero attached hydrogens (tertiary/aromatic N) is 2. The van der Waals surface area contributed by atoms with Gasteiger partial charge in [0.25, 0.3) is 0 Å². The zero-order chi connectivity index (χ0) is 22.6. The third kappa shape index (κ3) is 9.15. The minimum absolute atomic E-state index is 0.558. The minimum atomic E-state index is -1.26. The van der Waals surface area contributed by atoms with Gasteiger partial charge in [0.2, 0.25) is 0 Å². The van der Waals surface area contributed by atoms with Gasteiger partial charge in [0.15, 0.2) is 0 Å². The molecule has 1 aliphatic heterocycles. The molecule has 0 aromatic heterocycles. The third-order valence-electron chi connectivity index (χ3n) is 5.26. The molecule has 0 unspecified atom stereocenters. The van der Waals surface area contributed by atoms with Crippen LogP contribution in [0.1, 0.15) is 30.5 Å². The summed E-state index contributed by atoms with van der Waals surface area (Å²) in [4.78, 5) is 24.3. The number of benzene rings is 2. The molecule has 2 aromatic carbocycles. The molecule has 1 heterocycles. The molecule has 166 valence electrons. The summed E-state index contributed by atoms with van der Waals surface area (Å²) < 4.78 is 0. The first kappa shape index (κ1) is 24.3. The fourth-order valence-electron chi connectivity index (χ4n) is 3.52. The lowest BCUT2D eigenvalue weighted by Crippen LogP contribution is -2.48. The summed E-state index contributed by atoms with van der Waals surface area (Å²) in [6, 6.07) is 20.4. The standard InChI is InChI=1S/C21H28N2.C4H4O4/c1-18(2)23-14-12-22(13-15-23)17-21-11-7-6-10-20(21)16-19-8-4-3-5-9-19;5-3(6)1-2-4(7)8/h3-11,18H,12-17H2,1-2H3;1-2H,(H,5,6)(H,7,8)/b;2-1-. The van der Waals surface area contributed by atoms with Crippen LogP contribution < -0.4 is 0 Å². The maximum atomic E-state index is 9.55. The van der Waals surface area contributed by atoms with Crippen molar-refractivity contribution in [1.82, 2.24) is 9.80 Å². The van der Waals surface area contributed by atoms with E-state index in [2.05, 4.69) is 78.2 Å². The molecule has 1 saturated heterocycles. The molecular formula is C25H32N2O4. The lowest BCUT2D eigenvalue weighted by Gasteiger charge is -2.37. The van der Waals surface area contributed by atoms with Gasteiger partial charge in [-0.05, 0) is 37.0 Å². The third-order valence-corrected chi connectivity index (χ3v) is 5.26. The molecule has 0 spiro atoms. The molecule has 6 nitrogen and oxygen atoms in total. The highest BCUT2D eigenvalue weighted by Crippen LogP contribution is 2.17. The SMILES string of the molecule is CC(C)N1CCN(Cc2ccccc2Cc2ccccc2)CC1.O=C(O)/C=C\C(=O)O. The number of rotatable bonds is 7. The number of carboxylic acid groups (broad SMARTS) is 2. The van der Waals surface area contributed by atoms with Crippen LogP contribution in [0.25, 0.3) is 0 Å². The van der Waals surface area contributed by atoms with E-state index in [-0.39, 0.29) is 0 Å². The molecule has 0 amide bonds. The molecule has 1 fully saturated rings. The molecular weight excluding hydrogens is 392 g/mol. The Morgan fingerprint density at radius 2 is 1.35 bits per heavy atom. The number of piperazine rings is 1. The fourth-order valence-corrected chi connectivity index (χ4v) is 3.52. The lowest BCUT2D eigenvalue weighted by molar-refractivity contribution is -0.134. The van der Waals surface area contributed by atoms with E-state index >= 15 is 0 Å². The molecule has 0 aliphatic carbocycles. The average molecular weight is 425 g/mol. The van der Waals surface area contributed by atoms with E-state index in [1.165, 1.54) is 42.9 Å². The van der Waals surface area contributed by atoms with Crippen LogP contribution >= 0.6 is 0 Å². The number of carbonyl (C=O) groups is 2. The van der Waals surface area contributed by atoms with Crippen LogP contribution in [0.4, 0.5) is 0 Å². The summed E-state index contributed by atoms with van der Waals surface area (Å²) in [7, 11) is 0. The van der Waals surface area contributed by atoms with Crippen molar-refractivity contribution in [3.05, 3.63) is 83.4 Å². The van der Waals surface area contributed by atoms with E-state index in [0.717, 1.165) is 13.0 Å². The highest BCUT2D eigenvalue weighted by Gasteiger charge is 2.19. The Morgan fingerprint density at radius 3 is 1.87 bits per heavy atom. The van der Waals surface area contributed by atoms with E-state index in [1.54, 1.807) is 0 Å². The Kier molecular flexibility index (Phi) is 9.94. The first-order valence-corrected chi connectivity index (χ1v) is 10.6. The number of carboxylic acids is 2. The first-order valence-electron chi connectivity index (χ1n) is 10.6. The summed E-state index contributed by atoms with van der Waals surface area (Å²) in [5.74, 6) is -2.51. The molecule has 2 N–H and O–H groups in total. The maximum absolute atomic E-state index is 9.55. The normalized spacial score (nSPS) is 14.9. The number of hydrogen-bond donors (Lipinski definition) is 2. The van der Waals surface area contributed by atoms with Crippen molar-refractivity contribution in [3.63, 3.8) is 0 Å². The van der Waals surface area contributed by atoms with Crippen molar-refractivity contribution >= 4 is 11.9 Å². The van der Waals surface area contributed by atoms with Gasteiger partial charge in [-0.15, -0.1) is 0 Å². The van der Waals surface area contributed by atoms with Crippen molar-refractivity contribution < 1.29 is 19.8 Å². The Hall–Kier alpha value is -2.96. The second kappa shape index (κ2) is 12.7. The summed E-state index contributed by atoms with van der Waals surface area (Å²) in [6.45, 7) is 10.4. The maximum Gasteiger partial charge on any atom is 0.328 e. The van der Waals surface area contributed by atoms with E-state index in [1.807, 2.05) is 0 Å². The highest BCUT2D eigenvalue weighted by molar-refractivity contribution is 5.89. The fraction of sp³-hybridized carbons (Fsp3) is 0.360. The molecule has 3 rings (SSSR count). The van der Waals surface area contributed by atoms with Gasteiger partial charge >= 0.3 is 11.9 Å². The molecule has 2 aromatic rings. The van der Waals surface area contributed by atoms with Gasteiger partial charge in [-0.2, -0.15) is 0 Å². The Bertz CT molecular complexity index is 841. The smallest absolute Gasteiger partial charge is 0.328 e. The minimum Gasteiger partial charge on any atom is -0.478 e. The van der Waals surface area contributed by atoms with Crippen LogP contribution in [0.5, 0.6) is 0 Å². The van der Waals surface area contributed by atoms with Crippen LogP contribution in [0, 0.1) is 0 Å². The molecule has 31 heavy (non-hydrogen) atoms. The summed E-state index contributed by atoms with van der Waals surface area (Å²) >= 11 is 0. The van der Waals surface area contributed by atoms with E-state index < -0.39 is 11.9 Å². The summed E-state index contributed by atoms with van der Waals surface area (Å²) in [6.07, 6.45) is 2.15. The second-order valence-electron chi connectivity index (χ2n) is 7.85. The Morgan fingerprint density at radius 1 is 0.839 bits per heavy atom. The van der Waals surface area contributed by atoms with Gasteiger partial charge in [0, 0.05) is 50.9 Å². The van der Waals surface area contributed by atoms with Crippen LogP contribution in [0.3, 0.4) is 0 Å². The van der Waals surface area contributed by atoms with Gasteiger partial charge in [-0.1, -0.05) is 54.6 Å². The Labute approximate surface area is 184 Å². The predicted molar refractivity (Wildman–Crippen MR) is 122 cm³/mol. The van der Waals surface area contributed by atoms with Crippen molar-refractivity contribution in [2.45, 2.75) is 32.9 Å². The molecule has 1 aliphatic rings. The highest BCUT2D eigenvalue weighted by atomic mass is 16.4. The monoisotopic (exact) mass is 424 g/mol. The van der Waals surface area contributed by atoms with Crippen LogP contribution in [-0.2, 0) is 22.6 Å². The lowest BCUT2D eigenvalue weighted by atomic mass is 9.99. The predicted octanol–water partition coefficient (Wildman–Crippen LogP) is 3.52. The van der Waals surface area contributed by atoms with Gasteiger partial charge < -0.3 is 10.2 Å². The van der Waals surface area contributed by atoms with Crippen molar-refractivity contribution in [3.8, 4) is 0 Å². The topological polar surface area (TPSA) is 81.1 Å². The second-order valence-corrected chi connectivity index (χ2v) is 7.85. The number of aliphatic carboxylic acids is 2. The zero-order valence-electron chi connectivity index (χ0n) is 18.3. The van der Waals surface area contributed by atoms with Crippen LogP contribution in [-0.4, -0.2) is 64.2 Å². The van der Waals surface area contributed by atoms with E-state index in [9.17, 15) is 9.59 Å². The van der Waals surface area contributed by atoms with Gasteiger partial charge in [0.1, 0.15) is 0 Å². The van der Waals surface area contributed by atoms with Crippen molar-refractivity contribution in [2.24, 2.45) is 0 Å². The molecule has 0 atom stereocenters. The average Bonchev–Trinajstić information content (AvgIpc) is 2.75. The van der Waals surface area contributed by atoms with Crippen LogP contribution in [0.2, 0.25) is 0 Å². The zero-order valence-corrected chi connectivity index (χ0v) is 18.3. The van der Waals surface area contributed by atoms with Crippen molar-refractivity contribution in [2.75, 3.05) is 26.2 Å². The van der Waals surface area contributed by atoms with Gasteiger partial charge in [-0.3, -0.25) is 9.80 Å². The summed E-state index contributed by atoms with van der Waals surface area (Å²) in [5.41, 5.74) is 4.34. The number of hydrogen-bond acceptors (Lipinski definition) is 4. The van der Waals surface area contributed by atoms with Gasteiger partial charge in [0.05, 0.1) is 0 Å². The quantitative estimate of drug-likeness (QED) is 0.662. The van der Waals surface area contributed by atoms with E-state index in [0.29, 0.717) is 18.2 Å². The largest absolute Gasteiger partial charge is 0.478 e. The van der Waals surface area contributed by atoms with E-state index in [4.69, 9.17) is 10.2 Å². The molecule has 0 bridgehead atoms. The first-order chi connectivity index (χ1) is 14.8. The molecule has 0 saturated carbocycles. The summed E-state index contributed by atoms with van der Waals surface area (Å²) in [5, 5.41) is 15.6. The van der Waals surface area contributed by atoms with Gasteiger partial charge in [-0.25, -0.2) is 9.59 Å².